The van der Waals surface area contributed by atoms with E-state index in [1.807, 2.05) is 0 Å². The molecular formula is C11H10ClN5O2. The van der Waals surface area contributed by atoms with Crippen LogP contribution in [-0.4, -0.2) is 26.6 Å². The number of nitrogens with two attached hydrogens (primary N) is 1. The van der Waals surface area contributed by atoms with Crippen molar-refractivity contribution in [2.24, 2.45) is 12.8 Å². The number of hydrogen-bond donors (Lipinski definition) is 2. The molecule has 98 valence electrons. The Bertz CT molecular complexity index is 635. The van der Waals surface area contributed by atoms with Crippen molar-refractivity contribution in [3.63, 3.8) is 0 Å². The van der Waals surface area contributed by atoms with Crippen LogP contribution in [0.3, 0.4) is 0 Å². The van der Waals surface area contributed by atoms with Gasteiger partial charge in [0.05, 0.1) is 16.8 Å². The number of amides is 2. The number of primary amides is 1. The molecule has 0 unspecified atom stereocenters. The Labute approximate surface area is 113 Å². The number of aromatic nitrogens is 3. The first-order valence-corrected chi connectivity index (χ1v) is 5.61. The monoisotopic (exact) mass is 279 g/mol. The standard InChI is InChI=1S/C11H10ClN5O2/c1-17-9(10(13)18)7(5-15-17)11(19)16-8-3-2-6(12)4-14-8/h2-5H,1H3,(H2,13,18)(H,14,16,19). The van der Waals surface area contributed by atoms with Crippen LogP contribution in [0, 0.1) is 0 Å². The van der Waals surface area contributed by atoms with Crippen LogP contribution in [-0.2, 0) is 7.05 Å². The predicted octanol–water partition coefficient (Wildman–Crippen LogP) is 0.820. The molecule has 0 aromatic carbocycles. The van der Waals surface area contributed by atoms with Crippen molar-refractivity contribution in [3.05, 3.63) is 40.8 Å². The van der Waals surface area contributed by atoms with E-state index in [0.29, 0.717) is 10.8 Å². The lowest BCUT2D eigenvalue weighted by atomic mass is 10.2. The molecule has 0 spiro atoms. The van der Waals surface area contributed by atoms with Crippen LogP contribution in [0.5, 0.6) is 0 Å². The summed E-state index contributed by atoms with van der Waals surface area (Å²) in [7, 11) is 1.53. The average Bonchev–Trinajstić information content (AvgIpc) is 2.74. The molecule has 2 rings (SSSR count). The van der Waals surface area contributed by atoms with E-state index in [4.69, 9.17) is 17.3 Å². The highest BCUT2D eigenvalue weighted by molar-refractivity contribution is 6.30. The Hall–Kier alpha value is -2.41. The molecule has 0 saturated heterocycles. The van der Waals surface area contributed by atoms with Gasteiger partial charge in [-0.05, 0) is 12.1 Å². The summed E-state index contributed by atoms with van der Waals surface area (Å²) >= 11 is 5.69. The molecule has 2 amide bonds. The fourth-order valence-electron chi connectivity index (χ4n) is 1.53. The third kappa shape index (κ3) is 2.71. The van der Waals surface area contributed by atoms with Crippen molar-refractivity contribution in [1.82, 2.24) is 14.8 Å². The highest BCUT2D eigenvalue weighted by Crippen LogP contribution is 2.12. The van der Waals surface area contributed by atoms with Gasteiger partial charge in [-0.25, -0.2) is 4.98 Å². The second-order valence-corrected chi connectivity index (χ2v) is 4.15. The molecule has 0 aliphatic carbocycles. The van der Waals surface area contributed by atoms with Gasteiger partial charge in [-0.3, -0.25) is 14.3 Å². The maximum Gasteiger partial charge on any atom is 0.267 e. The highest BCUT2D eigenvalue weighted by Gasteiger charge is 2.20. The summed E-state index contributed by atoms with van der Waals surface area (Å²) in [5.41, 5.74) is 5.32. The van der Waals surface area contributed by atoms with Gasteiger partial charge in [-0.2, -0.15) is 5.10 Å². The van der Waals surface area contributed by atoms with Gasteiger partial charge < -0.3 is 11.1 Å². The average molecular weight is 280 g/mol. The molecule has 3 N–H and O–H groups in total. The van der Waals surface area contributed by atoms with Crippen molar-refractivity contribution < 1.29 is 9.59 Å². The van der Waals surface area contributed by atoms with E-state index in [1.54, 1.807) is 12.1 Å². The van der Waals surface area contributed by atoms with Gasteiger partial charge in [-0.1, -0.05) is 11.6 Å². The van der Waals surface area contributed by atoms with Gasteiger partial charge in [0.15, 0.2) is 0 Å². The smallest absolute Gasteiger partial charge is 0.267 e. The molecule has 0 radical (unpaired) electrons. The van der Waals surface area contributed by atoms with Crippen LogP contribution in [0.2, 0.25) is 5.02 Å². The quantitative estimate of drug-likeness (QED) is 0.868. The minimum atomic E-state index is -0.728. The summed E-state index contributed by atoms with van der Waals surface area (Å²) in [5, 5.41) is 6.81. The first kappa shape index (κ1) is 13.0. The fraction of sp³-hybridized carbons (Fsp3) is 0.0909. The molecule has 2 aromatic heterocycles. The van der Waals surface area contributed by atoms with E-state index >= 15 is 0 Å². The number of anilines is 1. The Morgan fingerprint density at radius 1 is 1.37 bits per heavy atom. The number of aryl methyl sites for hydroxylation is 1. The van der Waals surface area contributed by atoms with Crippen LogP contribution in [0.1, 0.15) is 20.8 Å². The molecule has 0 aliphatic heterocycles. The highest BCUT2D eigenvalue weighted by atomic mass is 35.5. The Balaban J connectivity index is 2.25. The zero-order valence-corrected chi connectivity index (χ0v) is 10.7. The molecule has 0 atom stereocenters. The third-order valence-corrected chi connectivity index (χ3v) is 2.61. The molecule has 2 heterocycles. The maximum atomic E-state index is 12.0. The summed E-state index contributed by atoms with van der Waals surface area (Å²) in [6.07, 6.45) is 2.67. The lowest BCUT2D eigenvalue weighted by Gasteiger charge is -2.04. The van der Waals surface area contributed by atoms with Crippen molar-refractivity contribution in [2.45, 2.75) is 0 Å². The Kier molecular flexibility index (Phi) is 3.48. The van der Waals surface area contributed by atoms with Crippen molar-refractivity contribution in [1.29, 1.82) is 0 Å². The third-order valence-electron chi connectivity index (χ3n) is 2.39. The van der Waals surface area contributed by atoms with Crippen LogP contribution in [0.25, 0.3) is 0 Å². The summed E-state index contributed by atoms with van der Waals surface area (Å²) in [6.45, 7) is 0. The predicted molar refractivity (Wildman–Crippen MR) is 68.9 cm³/mol. The lowest BCUT2D eigenvalue weighted by molar-refractivity contribution is 0.0970. The molecule has 8 heteroatoms. The first-order chi connectivity index (χ1) is 8.99. The van der Waals surface area contributed by atoms with Crippen LogP contribution in [0.15, 0.2) is 24.5 Å². The molecular weight excluding hydrogens is 270 g/mol. The summed E-state index contributed by atoms with van der Waals surface area (Å²) in [5.74, 6) is -0.931. The maximum absolute atomic E-state index is 12.0. The number of pyridine rings is 1. The number of carbonyl (C=O) groups excluding carboxylic acids is 2. The number of halogens is 1. The van der Waals surface area contributed by atoms with E-state index in [2.05, 4.69) is 15.4 Å². The normalized spacial score (nSPS) is 10.2. The zero-order chi connectivity index (χ0) is 14.0. The van der Waals surface area contributed by atoms with Gasteiger partial charge in [-0.15, -0.1) is 0 Å². The van der Waals surface area contributed by atoms with E-state index in [9.17, 15) is 9.59 Å². The number of nitrogens with zero attached hydrogens (tertiary/aromatic N) is 3. The van der Waals surface area contributed by atoms with Crippen molar-refractivity contribution in [3.8, 4) is 0 Å². The summed E-state index contributed by atoms with van der Waals surface area (Å²) < 4.78 is 1.24. The molecule has 7 nitrogen and oxygen atoms in total. The zero-order valence-electron chi connectivity index (χ0n) is 9.92. The number of nitrogens with one attached hydrogen (secondary N) is 1. The van der Waals surface area contributed by atoms with Gasteiger partial charge in [0.25, 0.3) is 11.8 Å². The lowest BCUT2D eigenvalue weighted by Crippen LogP contribution is -2.22. The minimum absolute atomic E-state index is 0.0338. The largest absolute Gasteiger partial charge is 0.364 e. The molecule has 0 bridgehead atoms. The molecule has 0 saturated carbocycles. The first-order valence-electron chi connectivity index (χ1n) is 5.23. The van der Waals surface area contributed by atoms with Crippen molar-refractivity contribution >= 4 is 29.2 Å². The summed E-state index contributed by atoms with van der Waals surface area (Å²) in [6, 6.07) is 3.13. The van der Waals surface area contributed by atoms with Crippen LogP contribution in [0.4, 0.5) is 5.82 Å². The fourth-order valence-corrected chi connectivity index (χ4v) is 1.64. The second-order valence-electron chi connectivity index (χ2n) is 3.71. The molecule has 0 aliphatic rings. The number of rotatable bonds is 3. The van der Waals surface area contributed by atoms with Gasteiger partial charge >= 0.3 is 0 Å². The second kappa shape index (κ2) is 5.07. The summed E-state index contributed by atoms with van der Waals surface area (Å²) in [4.78, 5) is 27.2. The van der Waals surface area contributed by atoms with Crippen molar-refractivity contribution in [2.75, 3.05) is 5.32 Å². The number of carbonyl (C=O) groups is 2. The number of hydrogen-bond acceptors (Lipinski definition) is 4. The molecule has 2 aromatic rings. The topological polar surface area (TPSA) is 103 Å². The van der Waals surface area contributed by atoms with E-state index in [1.165, 1.54) is 24.1 Å². The van der Waals surface area contributed by atoms with Gasteiger partial charge in [0, 0.05) is 13.2 Å². The van der Waals surface area contributed by atoms with Crippen LogP contribution >= 0.6 is 11.6 Å². The molecule has 19 heavy (non-hydrogen) atoms. The Morgan fingerprint density at radius 3 is 2.68 bits per heavy atom. The SMILES string of the molecule is Cn1ncc(C(=O)Nc2ccc(Cl)cn2)c1C(N)=O. The van der Waals surface area contributed by atoms with Gasteiger partial charge in [0.1, 0.15) is 11.5 Å². The van der Waals surface area contributed by atoms with Gasteiger partial charge in [0.2, 0.25) is 0 Å². The van der Waals surface area contributed by atoms with E-state index in [-0.39, 0.29) is 11.3 Å². The van der Waals surface area contributed by atoms with Crippen LogP contribution < -0.4 is 11.1 Å². The minimum Gasteiger partial charge on any atom is -0.364 e. The Morgan fingerprint density at radius 2 is 2.11 bits per heavy atom. The van der Waals surface area contributed by atoms with E-state index < -0.39 is 11.8 Å². The van der Waals surface area contributed by atoms with E-state index in [0.717, 1.165) is 0 Å². The molecule has 0 fully saturated rings.